The second-order valence-corrected chi connectivity index (χ2v) is 22.0. The molecule has 1 aliphatic rings. The van der Waals surface area contributed by atoms with Gasteiger partial charge in [0.1, 0.15) is 5.75 Å². The molecule has 0 saturated carbocycles. The van der Waals surface area contributed by atoms with Crippen LogP contribution in [0.5, 0.6) is 5.75 Å². The molecule has 1 heterocycles. The van der Waals surface area contributed by atoms with Crippen molar-refractivity contribution in [3.63, 3.8) is 0 Å². The molecule has 14 heavy (non-hydrogen) atoms. The van der Waals surface area contributed by atoms with E-state index in [0.717, 1.165) is 5.75 Å². The predicted octanol–water partition coefficient (Wildman–Crippen LogP) is 4.65. The Morgan fingerprint density at radius 2 is 1.86 bits per heavy atom. The number of thiol groups is 2. The van der Waals surface area contributed by atoms with Gasteiger partial charge in [-0.15, -0.1) is 24.5 Å². The molecule has 0 N–H and O–H groups in total. The maximum Gasteiger partial charge on any atom is 0.118 e. The zero-order valence-electron chi connectivity index (χ0n) is 7.32. The summed E-state index contributed by atoms with van der Waals surface area (Å²) in [6.07, 6.45) is 0. The van der Waals surface area contributed by atoms with Gasteiger partial charge in [-0.25, -0.2) is 0 Å². The predicted molar refractivity (Wildman–Crippen MR) is 79.6 cm³/mol. The van der Waals surface area contributed by atoms with Gasteiger partial charge in [-0.05, 0) is 24.3 Å². The third-order valence-electron chi connectivity index (χ3n) is 1.76. The first kappa shape index (κ1) is 11.8. The summed E-state index contributed by atoms with van der Waals surface area (Å²) >= 11 is 13.0. The van der Waals surface area contributed by atoms with E-state index in [2.05, 4.69) is 24.4 Å². The highest BCUT2D eigenvalue weighted by Crippen LogP contribution is 3.09. The van der Waals surface area contributed by atoms with Crippen molar-refractivity contribution in [3.05, 3.63) is 24.3 Å². The van der Waals surface area contributed by atoms with Crippen molar-refractivity contribution >= 4 is 62.2 Å². The lowest BCUT2D eigenvalue weighted by atomic mass is 10.3. The second kappa shape index (κ2) is 4.65. The lowest BCUT2D eigenvalue weighted by molar-refractivity contribution is 0.415. The molecule has 1 saturated heterocycles. The van der Waals surface area contributed by atoms with E-state index in [-0.39, 0.29) is 5.53 Å². The van der Waals surface area contributed by atoms with Crippen LogP contribution in [0.3, 0.4) is 0 Å². The SMILES string of the molecule is COc1ccc([P]2(S)SP(S)S2)cc1. The third-order valence-corrected chi connectivity index (χ3v) is 29.1. The summed E-state index contributed by atoms with van der Waals surface area (Å²) in [5, 5.41) is 1.32. The van der Waals surface area contributed by atoms with Crippen LogP contribution in [0.25, 0.3) is 0 Å². The minimum absolute atomic E-state index is 0.171. The Kier molecular flexibility index (Phi) is 3.90. The standard InChI is InChI=1S/C7H9OP2S4/c1-8-6-2-4-7(5-3-6)10(12)13-9(11)14-10/h2-5,11-12H,1H3. The van der Waals surface area contributed by atoms with E-state index in [1.807, 2.05) is 34.1 Å². The Balaban J connectivity index is 2.17. The van der Waals surface area contributed by atoms with Crippen LogP contribution in [0, 0.1) is 0 Å². The van der Waals surface area contributed by atoms with Gasteiger partial charge in [0.25, 0.3) is 0 Å². The maximum atomic E-state index is 5.12. The van der Waals surface area contributed by atoms with Crippen LogP contribution in [0.1, 0.15) is 0 Å². The molecule has 0 atom stereocenters. The first-order valence-corrected chi connectivity index (χ1v) is 13.3. The average molecular weight is 299 g/mol. The summed E-state index contributed by atoms with van der Waals surface area (Å²) in [7, 11) is 1.68. The topological polar surface area (TPSA) is 9.23 Å². The Labute approximate surface area is 104 Å². The molecule has 77 valence electrons. The fourth-order valence-corrected chi connectivity index (χ4v) is 35.8. The van der Waals surface area contributed by atoms with Gasteiger partial charge >= 0.3 is 0 Å². The van der Waals surface area contributed by atoms with Crippen LogP contribution >= 0.6 is 56.9 Å². The van der Waals surface area contributed by atoms with Gasteiger partial charge in [-0.2, -0.15) is 0 Å². The normalized spacial score (nSPS) is 30.9. The minimum Gasteiger partial charge on any atom is -0.497 e. The molecule has 1 aromatic rings. The Bertz CT molecular complexity index is 325. The van der Waals surface area contributed by atoms with Crippen LogP contribution < -0.4 is 10.0 Å². The first-order chi connectivity index (χ1) is 6.64. The van der Waals surface area contributed by atoms with Gasteiger partial charge in [0.05, 0.1) is 17.5 Å². The summed E-state index contributed by atoms with van der Waals surface area (Å²) in [6, 6.07) is 8.20. The largest absolute Gasteiger partial charge is 0.497 e. The van der Waals surface area contributed by atoms with Crippen molar-refractivity contribution in [2.24, 2.45) is 0 Å². The van der Waals surface area contributed by atoms with E-state index in [1.54, 1.807) is 7.11 Å². The molecule has 0 spiro atoms. The van der Waals surface area contributed by atoms with E-state index >= 15 is 0 Å². The number of hydrogen-bond acceptors (Lipinski definition) is 5. The van der Waals surface area contributed by atoms with Gasteiger partial charge in [0.2, 0.25) is 0 Å². The second-order valence-electron chi connectivity index (χ2n) is 2.62. The smallest absolute Gasteiger partial charge is 0.118 e. The Morgan fingerprint density at radius 1 is 1.29 bits per heavy atom. The minimum atomic E-state index is -1.26. The molecular formula is C7H9OP2S4. The van der Waals surface area contributed by atoms with Crippen LogP contribution in [0.4, 0.5) is 0 Å². The molecule has 2 rings (SSSR count). The Morgan fingerprint density at radius 3 is 2.29 bits per heavy atom. The van der Waals surface area contributed by atoms with E-state index in [1.165, 1.54) is 5.30 Å². The van der Waals surface area contributed by atoms with E-state index < -0.39 is 4.87 Å². The lowest BCUT2D eigenvalue weighted by Gasteiger charge is -2.41. The molecule has 1 aliphatic heterocycles. The first-order valence-electron chi connectivity index (χ1n) is 3.79. The maximum absolute atomic E-state index is 5.12. The van der Waals surface area contributed by atoms with Crippen LogP contribution in [-0.2, 0) is 0 Å². The summed E-state index contributed by atoms with van der Waals surface area (Å²) < 4.78 is 5.12. The number of methoxy groups -OCH3 is 1. The summed E-state index contributed by atoms with van der Waals surface area (Å²) in [5.74, 6) is 0.900. The molecule has 1 nitrogen and oxygen atoms in total. The van der Waals surface area contributed by atoms with Crippen LogP contribution in [0.2, 0.25) is 0 Å². The molecule has 1 fully saturated rings. The highest BCUT2D eigenvalue weighted by molar-refractivity contribution is 9.56. The lowest BCUT2D eigenvalue weighted by Crippen LogP contribution is -2.02. The van der Waals surface area contributed by atoms with Gasteiger partial charge in [-0.3, -0.25) is 0 Å². The number of rotatable bonds is 2. The summed E-state index contributed by atoms with van der Waals surface area (Å²) in [6.45, 7) is 0. The molecule has 0 amide bonds. The third kappa shape index (κ3) is 2.34. The van der Waals surface area contributed by atoms with Gasteiger partial charge in [0.15, 0.2) is 0 Å². The molecule has 0 unspecified atom stereocenters. The summed E-state index contributed by atoms with van der Waals surface area (Å²) in [5.41, 5.74) is -0.171. The highest BCUT2D eigenvalue weighted by atomic mass is 33.8. The number of benzene rings is 1. The molecule has 0 bridgehead atoms. The quantitative estimate of drug-likeness (QED) is 0.608. The zero-order chi connectivity index (χ0) is 10.2. The molecular weight excluding hydrogens is 290 g/mol. The van der Waals surface area contributed by atoms with Crippen molar-refractivity contribution in [2.75, 3.05) is 7.11 Å². The van der Waals surface area contributed by atoms with Crippen molar-refractivity contribution in [1.82, 2.24) is 0 Å². The van der Waals surface area contributed by atoms with Gasteiger partial charge < -0.3 is 4.74 Å². The fourth-order valence-electron chi connectivity index (χ4n) is 1.06. The highest BCUT2D eigenvalue weighted by Gasteiger charge is 2.42. The van der Waals surface area contributed by atoms with Crippen LogP contribution in [0.15, 0.2) is 24.3 Å². The van der Waals surface area contributed by atoms with Crippen molar-refractivity contribution < 1.29 is 4.74 Å². The average Bonchev–Trinajstić information content (AvgIpc) is 2.16. The van der Waals surface area contributed by atoms with E-state index in [0.29, 0.717) is 0 Å². The van der Waals surface area contributed by atoms with E-state index in [4.69, 9.17) is 17.0 Å². The summed E-state index contributed by atoms with van der Waals surface area (Å²) in [4.78, 5) is -1.26. The van der Waals surface area contributed by atoms with Gasteiger partial charge in [0, 0.05) is 5.30 Å². The van der Waals surface area contributed by atoms with Gasteiger partial charge in [-0.1, -0.05) is 22.0 Å². The number of hydrogen-bond donors (Lipinski definition) is 2. The van der Waals surface area contributed by atoms with Crippen molar-refractivity contribution in [1.29, 1.82) is 0 Å². The fraction of sp³-hybridized carbons (Fsp3) is 0.143. The van der Waals surface area contributed by atoms with Crippen molar-refractivity contribution in [2.45, 2.75) is 0 Å². The molecule has 7 heteroatoms. The molecule has 0 aliphatic carbocycles. The monoisotopic (exact) mass is 299 g/mol. The Hall–Kier alpha value is 1.28. The number of ether oxygens (including phenoxy) is 1. The van der Waals surface area contributed by atoms with Crippen molar-refractivity contribution in [3.8, 4) is 5.75 Å². The molecule has 1 aromatic carbocycles. The molecule has 0 aromatic heterocycles. The van der Waals surface area contributed by atoms with E-state index in [9.17, 15) is 0 Å². The van der Waals surface area contributed by atoms with Crippen LogP contribution in [-0.4, -0.2) is 7.11 Å². The zero-order valence-corrected chi connectivity index (χ0v) is 12.5. The molecule has 1 radical (unpaired) electrons.